The van der Waals surface area contributed by atoms with Gasteiger partial charge in [0.05, 0.1) is 5.60 Å². The van der Waals surface area contributed by atoms with E-state index < -0.39 is 5.60 Å². The number of rotatable bonds is 3. The van der Waals surface area contributed by atoms with E-state index in [9.17, 15) is 9.90 Å². The molecule has 2 aliphatic rings. The summed E-state index contributed by atoms with van der Waals surface area (Å²) >= 11 is 0. The molecule has 3 rings (SSSR count). The normalized spacial score (nSPS) is 27.4. The number of amides is 1. The molecule has 21 heavy (non-hydrogen) atoms. The molecular formula is C18H25NO2. The van der Waals surface area contributed by atoms with Crippen LogP contribution in [0.1, 0.15) is 44.6 Å². The monoisotopic (exact) mass is 287 g/mol. The number of aliphatic hydroxyl groups is 1. The van der Waals surface area contributed by atoms with Crippen LogP contribution in [0.15, 0.2) is 30.3 Å². The molecule has 1 heterocycles. The van der Waals surface area contributed by atoms with E-state index >= 15 is 0 Å². The van der Waals surface area contributed by atoms with Gasteiger partial charge >= 0.3 is 0 Å². The van der Waals surface area contributed by atoms with Crippen molar-refractivity contribution >= 4 is 5.91 Å². The summed E-state index contributed by atoms with van der Waals surface area (Å²) in [4.78, 5) is 14.3. The molecule has 1 aliphatic heterocycles. The third kappa shape index (κ3) is 2.71. The van der Waals surface area contributed by atoms with Crippen LogP contribution in [-0.4, -0.2) is 34.6 Å². The molecule has 1 saturated heterocycles. The largest absolute Gasteiger partial charge is 0.390 e. The Kier molecular flexibility index (Phi) is 3.78. The zero-order valence-corrected chi connectivity index (χ0v) is 12.8. The van der Waals surface area contributed by atoms with Gasteiger partial charge in [-0.15, -0.1) is 0 Å². The summed E-state index contributed by atoms with van der Waals surface area (Å²) in [5.41, 5.74) is 0.802. The van der Waals surface area contributed by atoms with Crippen molar-refractivity contribution in [3.8, 4) is 0 Å². The quantitative estimate of drug-likeness (QED) is 0.928. The maximum atomic E-state index is 12.3. The lowest BCUT2D eigenvalue weighted by atomic mass is 9.53. The first kappa shape index (κ1) is 14.6. The molecule has 2 fully saturated rings. The molecule has 114 valence electrons. The van der Waals surface area contributed by atoms with Gasteiger partial charge in [0.1, 0.15) is 0 Å². The maximum Gasteiger partial charge on any atom is 0.222 e. The van der Waals surface area contributed by atoms with Crippen LogP contribution in [0.2, 0.25) is 0 Å². The van der Waals surface area contributed by atoms with E-state index in [0.29, 0.717) is 6.42 Å². The minimum absolute atomic E-state index is 0.0865. The van der Waals surface area contributed by atoms with Crippen LogP contribution in [-0.2, 0) is 11.2 Å². The average Bonchev–Trinajstić information content (AvgIpc) is 2.52. The smallest absolute Gasteiger partial charge is 0.222 e. The van der Waals surface area contributed by atoms with Gasteiger partial charge in [0, 0.05) is 24.9 Å². The second-order valence-electron chi connectivity index (χ2n) is 6.92. The molecule has 1 saturated carbocycles. The third-order valence-electron chi connectivity index (χ3n) is 5.78. The summed E-state index contributed by atoms with van der Waals surface area (Å²) < 4.78 is 0. The molecule has 1 amide bonds. The van der Waals surface area contributed by atoms with E-state index in [0.717, 1.165) is 45.2 Å². The topological polar surface area (TPSA) is 40.5 Å². The zero-order chi connectivity index (χ0) is 14.9. The van der Waals surface area contributed by atoms with Crippen LogP contribution in [0.25, 0.3) is 0 Å². The number of hydrogen-bond acceptors (Lipinski definition) is 2. The van der Waals surface area contributed by atoms with Crippen LogP contribution in [0.4, 0.5) is 0 Å². The molecule has 0 bridgehead atoms. The van der Waals surface area contributed by atoms with Gasteiger partial charge in [-0.05, 0) is 44.6 Å². The van der Waals surface area contributed by atoms with Crippen molar-refractivity contribution < 1.29 is 9.90 Å². The fourth-order valence-electron chi connectivity index (χ4n) is 3.87. The van der Waals surface area contributed by atoms with Crippen molar-refractivity contribution in [3.05, 3.63) is 35.9 Å². The van der Waals surface area contributed by atoms with Gasteiger partial charge in [0.15, 0.2) is 0 Å². The molecule has 0 aromatic heterocycles. The SMILES string of the molecule is CC1(O)CCC12CCN(C(=O)CCc1ccccc1)CC2. The lowest BCUT2D eigenvalue weighted by Gasteiger charge is -2.58. The fraction of sp³-hybridized carbons (Fsp3) is 0.611. The number of piperidine rings is 1. The van der Waals surface area contributed by atoms with Crippen molar-refractivity contribution in [2.24, 2.45) is 5.41 Å². The first-order valence-electron chi connectivity index (χ1n) is 8.07. The number of likely N-dealkylation sites (tertiary alicyclic amines) is 1. The minimum Gasteiger partial charge on any atom is -0.390 e. The molecule has 0 radical (unpaired) electrons. The van der Waals surface area contributed by atoms with Gasteiger partial charge in [-0.1, -0.05) is 30.3 Å². The number of aryl methyl sites for hydroxylation is 1. The first-order valence-corrected chi connectivity index (χ1v) is 8.07. The predicted molar refractivity (Wildman–Crippen MR) is 82.9 cm³/mol. The molecule has 1 unspecified atom stereocenters. The third-order valence-corrected chi connectivity index (χ3v) is 5.78. The predicted octanol–water partition coefficient (Wildman–Crippen LogP) is 2.77. The minimum atomic E-state index is -0.508. The molecule has 1 atom stereocenters. The molecule has 3 heteroatoms. The summed E-state index contributed by atoms with van der Waals surface area (Å²) in [5.74, 6) is 0.257. The van der Waals surface area contributed by atoms with E-state index in [1.165, 1.54) is 5.56 Å². The average molecular weight is 287 g/mol. The summed E-state index contributed by atoms with van der Waals surface area (Å²) in [6, 6.07) is 10.2. The highest BCUT2D eigenvalue weighted by Gasteiger charge is 2.55. The number of carbonyl (C=O) groups excluding carboxylic acids is 1. The van der Waals surface area contributed by atoms with Crippen molar-refractivity contribution in [1.29, 1.82) is 0 Å². The molecule has 1 aromatic carbocycles. The second kappa shape index (κ2) is 5.45. The number of carbonyl (C=O) groups is 1. The van der Waals surface area contributed by atoms with Crippen LogP contribution >= 0.6 is 0 Å². The van der Waals surface area contributed by atoms with Crippen molar-refractivity contribution in [1.82, 2.24) is 4.90 Å². The van der Waals surface area contributed by atoms with E-state index in [-0.39, 0.29) is 11.3 Å². The molecule has 1 aromatic rings. The number of benzene rings is 1. The van der Waals surface area contributed by atoms with E-state index in [4.69, 9.17) is 0 Å². The van der Waals surface area contributed by atoms with Crippen molar-refractivity contribution in [3.63, 3.8) is 0 Å². The summed E-state index contributed by atoms with van der Waals surface area (Å²) in [6.07, 6.45) is 5.35. The molecule has 1 N–H and O–H groups in total. The van der Waals surface area contributed by atoms with E-state index in [1.807, 2.05) is 30.0 Å². The van der Waals surface area contributed by atoms with Gasteiger partial charge in [0.25, 0.3) is 0 Å². The first-order chi connectivity index (χ1) is 10.0. The van der Waals surface area contributed by atoms with Gasteiger partial charge in [0.2, 0.25) is 5.91 Å². The maximum absolute atomic E-state index is 12.3. The Morgan fingerprint density at radius 1 is 1.14 bits per heavy atom. The Labute approximate surface area is 127 Å². The van der Waals surface area contributed by atoms with Crippen LogP contribution in [0, 0.1) is 5.41 Å². The Hall–Kier alpha value is -1.35. The standard InChI is InChI=1S/C18H25NO2/c1-17(21)9-10-18(17)11-13-19(14-12-18)16(20)8-7-15-5-3-2-4-6-15/h2-6,21H,7-14H2,1H3. The van der Waals surface area contributed by atoms with Gasteiger partial charge < -0.3 is 10.0 Å². The van der Waals surface area contributed by atoms with Gasteiger partial charge in [-0.3, -0.25) is 4.79 Å². The van der Waals surface area contributed by atoms with Crippen molar-refractivity contribution in [2.45, 2.75) is 51.0 Å². The summed E-state index contributed by atoms with van der Waals surface area (Å²) in [5, 5.41) is 10.4. The Balaban J connectivity index is 1.49. The van der Waals surface area contributed by atoms with Gasteiger partial charge in [-0.25, -0.2) is 0 Å². The Morgan fingerprint density at radius 2 is 1.81 bits per heavy atom. The lowest BCUT2D eigenvalue weighted by Crippen LogP contribution is -2.60. The van der Waals surface area contributed by atoms with E-state index in [2.05, 4.69) is 12.1 Å². The molecule has 1 spiro atoms. The molecular weight excluding hydrogens is 262 g/mol. The highest BCUT2D eigenvalue weighted by atomic mass is 16.3. The highest BCUT2D eigenvalue weighted by Crippen LogP contribution is 2.56. The second-order valence-corrected chi connectivity index (χ2v) is 6.92. The number of hydrogen-bond donors (Lipinski definition) is 1. The highest BCUT2D eigenvalue weighted by molar-refractivity contribution is 5.76. The Bertz CT molecular complexity index is 501. The van der Waals surface area contributed by atoms with Gasteiger partial charge in [-0.2, -0.15) is 0 Å². The summed E-state index contributed by atoms with van der Waals surface area (Å²) in [6.45, 7) is 3.58. The van der Waals surface area contributed by atoms with E-state index in [1.54, 1.807) is 0 Å². The van der Waals surface area contributed by atoms with Crippen molar-refractivity contribution in [2.75, 3.05) is 13.1 Å². The van der Waals surface area contributed by atoms with Crippen LogP contribution in [0.5, 0.6) is 0 Å². The molecule has 1 aliphatic carbocycles. The zero-order valence-electron chi connectivity index (χ0n) is 12.8. The Morgan fingerprint density at radius 3 is 2.33 bits per heavy atom. The lowest BCUT2D eigenvalue weighted by molar-refractivity contribution is -0.180. The number of nitrogens with zero attached hydrogens (tertiary/aromatic N) is 1. The molecule has 3 nitrogen and oxygen atoms in total. The fourth-order valence-corrected chi connectivity index (χ4v) is 3.87. The van der Waals surface area contributed by atoms with Crippen LogP contribution in [0.3, 0.4) is 0 Å². The van der Waals surface area contributed by atoms with Crippen LogP contribution < -0.4 is 0 Å². The summed E-state index contributed by atoms with van der Waals surface area (Å²) in [7, 11) is 0.